The molecule has 0 aromatic heterocycles. The van der Waals surface area contributed by atoms with E-state index in [0.717, 1.165) is 24.2 Å². The summed E-state index contributed by atoms with van der Waals surface area (Å²) < 4.78 is 0. The molecule has 2 rings (SSSR count). The number of hydrogen-bond acceptors (Lipinski definition) is 2. The van der Waals surface area contributed by atoms with Crippen molar-refractivity contribution in [2.24, 2.45) is 0 Å². The first-order valence-electron chi connectivity index (χ1n) is 6.50. The number of rotatable bonds is 3. The van der Waals surface area contributed by atoms with Crippen LogP contribution in [0, 0.1) is 0 Å². The molecule has 2 N–H and O–H groups in total. The molecule has 0 saturated heterocycles. The SMILES string of the molecule is CN(C)c1ccccc1NC(=O)NC1CCCC1. The Labute approximate surface area is 108 Å². The van der Waals surface area contributed by atoms with Gasteiger partial charge in [0.2, 0.25) is 0 Å². The number of nitrogens with one attached hydrogen (secondary N) is 2. The average Bonchev–Trinajstić information content (AvgIpc) is 2.82. The van der Waals surface area contributed by atoms with Gasteiger partial charge < -0.3 is 15.5 Å². The number of para-hydroxylation sites is 2. The first-order chi connectivity index (χ1) is 8.66. The molecule has 0 heterocycles. The molecule has 1 aromatic rings. The number of amides is 2. The molecule has 0 unspecified atom stereocenters. The third-order valence-corrected chi connectivity index (χ3v) is 3.32. The molecule has 1 aliphatic rings. The van der Waals surface area contributed by atoms with Gasteiger partial charge in [0.15, 0.2) is 0 Å². The van der Waals surface area contributed by atoms with Crippen LogP contribution in [0.25, 0.3) is 0 Å². The van der Waals surface area contributed by atoms with E-state index in [-0.39, 0.29) is 6.03 Å². The van der Waals surface area contributed by atoms with Crippen LogP contribution in [0.5, 0.6) is 0 Å². The third-order valence-electron chi connectivity index (χ3n) is 3.32. The second kappa shape index (κ2) is 5.76. The van der Waals surface area contributed by atoms with Crippen LogP contribution in [0.4, 0.5) is 16.2 Å². The van der Waals surface area contributed by atoms with Crippen LogP contribution in [0.1, 0.15) is 25.7 Å². The Balaban J connectivity index is 1.97. The lowest BCUT2D eigenvalue weighted by molar-refractivity contribution is 0.248. The van der Waals surface area contributed by atoms with Crippen LogP contribution in [0.3, 0.4) is 0 Å². The maximum atomic E-state index is 11.9. The fourth-order valence-electron chi connectivity index (χ4n) is 2.38. The van der Waals surface area contributed by atoms with Gasteiger partial charge in [0.05, 0.1) is 11.4 Å². The Kier molecular flexibility index (Phi) is 4.07. The quantitative estimate of drug-likeness (QED) is 0.862. The molecule has 1 aliphatic carbocycles. The van der Waals surface area contributed by atoms with Crippen molar-refractivity contribution in [3.05, 3.63) is 24.3 Å². The van der Waals surface area contributed by atoms with Gasteiger partial charge >= 0.3 is 6.03 Å². The highest BCUT2D eigenvalue weighted by Crippen LogP contribution is 2.23. The first kappa shape index (κ1) is 12.7. The lowest BCUT2D eigenvalue weighted by Gasteiger charge is -2.19. The number of carbonyl (C=O) groups excluding carboxylic acids is 1. The Morgan fingerprint density at radius 1 is 1.22 bits per heavy atom. The van der Waals surface area contributed by atoms with Crippen molar-refractivity contribution in [2.45, 2.75) is 31.7 Å². The van der Waals surface area contributed by atoms with Gasteiger partial charge in [0.1, 0.15) is 0 Å². The number of urea groups is 1. The van der Waals surface area contributed by atoms with Crippen molar-refractivity contribution < 1.29 is 4.79 Å². The van der Waals surface area contributed by atoms with Crippen molar-refractivity contribution in [2.75, 3.05) is 24.3 Å². The molecule has 1 saturated carbocycles. The van der Waals surface area contributed by atoms with E-state index in [9.17, 15) is 4.79 Å². The highest BCUT2D eigenvalue weighted by Gasteiger charge is 2.17. The van der Waals surface area contributed by atoms with E-state index in [2.05, 4.69) is 10.6 Å². The Hall–Kier alpha value is -1.71. The third kappa shape index (κ3) is 3.15. The number of hydrogen-bond donors (Lipinski definition) is 2. The van der Waals surface area contributed by atoms with Gasteiger partial charge in [-0.3, -0.25) is 0 Å². The van der Waals surface area contributed by atoms with E-state index < -0.39 is 0 Å². The summed E-state index contributed by atoms with van der Waals surface area (Å²) in [6.45, 7) is 0. The zero-order valence-corrected chi connectivity index (χ0v) is 11.1. The fourth-order valence-corrected chi connectivity index (χ4v) is 2.38. The normalized spacial score (nSPS) is 15.4. The van der Waals surface area contributed by atoms with E-state index in [1.165, 1.54) is 12.8 Å². The second-order valence-electron chi connectivity index (χ2n) is 4.99. The lowest BCUT2D eigenvalue weighted by Crippen LogP contribution is -2.36. The van der Waals surface area contributed by atoms with Crippen LogP contribution < -0.4 is 15.5 Å². The fraction of sp³-hybridized carbons (Fsp3) is 0.500. The van der Waals surface area contributed by atoms with Gasteiger partial charge in [0.25, 0.3) is 0 Å². The van der Waals surface area contributed by atoms with Gasteiger partial charge in [0, 0.05) is 20.1 Å². The zero-order valence-electron chi connectivity index (χ0n) is 11.1. The predicted molar refractivity (Wildman–Crippen MR) is 75.2 cm³/mol. The van der Waals surface area contributed by atoms with Crippen LogP contribution in [-0.2, 0) is 0 Å². The summed E-state index contributed by atoms with van der Waals surface area (Å²) in [5, 5.41) is 5.95. The molecule has 0 radical (unpaired) electrons. The summed E-state index contributed by atoms with van der Waals surface area (Å²) in [6, 6.07) is 8.05. The molecule has 0 aliphatic heterocycles. The molecule has 0 spiro atoms. The highest BCUT2D eigenvalue weighted by molar-refractivity contribution is 5.93. The molecule has 0 bridgehead atoms. The molecular formula is C14H21N3O. The highest BCUT2D eigenvalue weighted by atomic mass is 16.2. The maximum Gasteiger partial charge on any atom is 0.319 e. The van der Waals surface area contributed by atoms with Crippen molar-refractivity contribution in [1.29, 1.82) is 0 Å². The number of carbonyl (C=O) groups is 1. The molecule has 2 amide bonds. The minimum atomic E-state index is -0.101. The summed E-state index contributed by atoms with van der Waals surface area (Å²) in [6.07, 6.45) is 4.64. The minimum absolute atomic E-state index is 0.101. The van der Waals surface area contributed by atoms with Crippen molar-refractivity contribution in [3.8, 4) is 0 Å². The number of benzene rings is 1. The lowest BCUT2D eigenvalue weighted by atomic mass is 10.2. The van der Waals surface area contributed by atoms with Crippen LogP contribution in [0.2, 0.25) is 0 Å². The summed E-state index contributed by atoms with van der Waals surface area (Å²) in [5.41, 5.74) is 1.86. The first-order valence-corrected chi connectivity index (χ1v) is 6.50. The molecule has 1 fully saturated rings. The number of anilines is 2. The second-order valence-corrected chi connectivity index (χ2v) is 4.99. The average molecular weight is 247 g/mol. The summed E-state index contributed by atoms with van der Waals surface area (Å²) in [7, 11) is 3.94. The van der Waals surface area contributed by atoms with Crippen molar-refractivity contribution in [1.82, 2.24) is 5.32 Å². The van der Waals surface area contributed by atoms with Crippen LogP contribution >= 0.6 is 0 Å². The molecule has 4 heteroatoms. The van der Waals surface area contributed by atoms with E-state index in [1.807, 2.05) is 43.3 Å². The predicted octanol–water partition coefficient (Wildman–Crippen LogP) is 2.82. The van der Waals surface area contributed by atoms with Gasteiger partial charge in [-0.25, -0.2) is 4.79 Å². The topological polar surface area (TPSA) is 44.4 Å². The molecule has 98 valence electrons. The summed E-state index contributed by atoms with van der Waals surface area (Å²) in [5.74, 6) is 0. The van der Waals surface area contributed by atoms with Gasteiger partial charge in [-0.1, -0.05) is 25.0 Å². The van der Waals surface area contributed by atoms with Gasteiger partial charge in [-0.2, -0.15) is 0 Å². The molecule has 1 aromatic carbocycles. The Morgan fingerprint density at radius 2 is 1.89 bits per heavy atom. The van der Waals surface area contributed by atoms with E-state index in [1.54, 1.807) is 0 Å². The van der Waals surface area contributed by atoms with Crippen molar-refractivity contribution >= 4 is 17.4 Å². The molecule has 18 heavy (non-hydrogen) atoms. The summed E-state index contributed by atoms with van der Waals surface area (Å²) >= 11 is 0. The van der Waals surface area contributed by atoms with E-state index >= 15 is 0 Å². The number of nitrogens with zero attached hydrogens (tertiary/aromatic N) is 1. The summed E-state index contributed by atoms with van der Waals surface area (Å²) in [4.78, 5) is 13.9. The molecule has 4 nitrogen and oxygen atoms in total. The Morgan fingerprint density at radius 3 is 2.56 bits per heavy atom. The standard InChI is InChI=1S/C14H21N3O/c1-17(2)13-10-6-5-9-12(13)16-14(18)15-11-7-3-4-8-11/h5-6,9-11H,3-4,7-8H2,1-2H3,(H2,15,16,18). The Bertz CT molecular complexity index is 411. The van der Waals surface area contributed by atoms with Crippen molar-refractivity contribution in [3.63, 3.8) is 0 Å². The van der Waals surface area contributed by atoms with Crippen LogP contribution in [-0.4, -0.2) is 26.2 Å². The van der Waals surface area contributed by atoms with Crippen LogP contribution in [0.15, 0.2) is 24.3 Å². The van der Waals surface area contributed by atoms with Gasteiger partial charge in [-0.15, -0.1) is 0 Å². The largest absolute Gasteiger partial charge is 0.376 e. The monoisotopic (exact) mass is 247 g/mol. The minimum Gasteiger partial charge on any atom is -0.376 e. The molecule has 0 atom stereocenters. The maximum absolute atomic E-state index is 11.9. The van der Waals surface area contributed by atoms with Gasteiger partial charge in [-0.05, 0) is 25.0 Å². The van der Waals surface area contributed by atoms with E-state index in [4.69, 9.17) is 0 Å². The molecular weight excluding hydrogens is 226 g/mol. The van der Waals surface area contributed by atoms with E-state index in [0.29, 0.717) is 6.04 Å². The smallest absolute Gasteiger partial charge is 0.319 e. The zero-order chi connectivity index (χ0) is 13.0.